The molecule has 1 N–H and O–H groups in total. The zero-order valence-electron chi connectivity index (χ0n) is 19.2. The molecule has 9 nitrogen and oxygen atoms in total. The molecule has 0 bridgehead atoms. The Morgan fingerprint density at radius 3 is 2.40 bits per heavy atom. The first kappa shape index (κ1) is 24.8. The standard InChI is InChI=1S/C26H23N3O6/c1-3-34-22-11-9-21(10-12-22)28-26(30)20(16-27)13-19-14-24(33-2)25(15-23(19)29(31)32)35-17-18-7-5-4-6-8-18/h4-15H,3,17H2,1-2H3,(H,28,30)/b20-13-. The van der Waals surface area contributed by atoms with Crippen molar-refractivity contribution in [2.45, 2.75) is 13.5 Å². The number of hydrogen-bond donors (Lipinski definition) is 1. The quantitative estimate of drug-likeness (QED) is 0.187. The molecule has 9 heteroatoms. The van der Waals surface area contributed by atoms with Crippen molar-refractivity contribution in [1.82, 2.24) is 0 Å². The van der Waals surface area contributed by atoms with Crippen LogP contribution in [0.1, 0.15) is 18.1 Å². The summed E-state index contributed by atoms with van der Waals surface area (Å²) in [7, 11) is 1.40. The monoisotopic (exact) mass is 473 g/mol. The van der Waals surface area contributed by atoms with E-state index in [9.17, 15) is 20.2 Å². The van der Waals surface area contributed by atoms with E-state index >= 15 is 0 Å². The van der Waals surface area contributed by atoms with Crippen LogP contribution < -0.4 is 19.5 Å². The Balaban J connectivity index is 1.87. The van der Waals surface area contributed by atoms with E-state index in [1.54, 1.807) is 30.3 Å². The van der Waals surface area contributed by atoms with Crippen molar-refractivity contribution in [3.05, 3.63) is 93.5 Å². The molecule has 3 aromatic carbocycles. The molecule has 3 aromatic rings. The molecule has 0 aliphatic heterocycles. The Labute approximate surface area is 202 Å². The molecule has 1 amide bonds. The summed E-state index contributed by atoms with van der Waals surface area (Å²) < 4.78 is 16.4. The molecular weight excluding hydrogens is 450 g/mol. The summed E-state index contributed by atoms with van der Waals surface area (Å²) in [4.78, 5) is 23.8. The molecular formula is C26H23N3O6. The van der Waals surface area contributed by atoms with Gasteiger partial charge < -0.3 is 19.5 Å². The molecule has 0 aliphatic rings. The number of nitro groups is 1. The van der Waals surface area contributed by atoms with E-state index in [1.165, 1.54) is 19.2 Å². The summed E-state index contributed by atoms with van der Waals surface area (Å²) in [6.07, 6.45) is 1.14. The molecule has 3 rings (SSSR count). The second-order valence-electron chi connectivity index (χ2n) is 7.17. The summed E-state index contributed by atoms with van der Waals surface area (Å²) >= 11 is 0. The van der Waals surface area contributed by atoms with Crippen LogP contribution >= 0.6 is 0 Å². The number of nitriles is 1. The first-order chi connectivity index (χ1) is 16.9. The minimum absolute atomic E-state index is 0.0253. The number of nitrogens with one attached hydrogen (secondary N) is 1. The Kier molecular flexibility index (Phi) is 8.40. The van der Waals surface area contributed by atoms with Gasteiger partial charge in [-0.3, -0.25) is 14.9 Å². The Hall–Kier alpha value is -4.84. The molecule has 0 saturated carbocycles. The van der Waals surface area contributed by atoms with Crippen LogP contribution in [-0.2, 0) is 11.4 Å². The Bertz CT molecular complexity index is 1260. The second-order valence-corrected chi connectivity index (χ2v) is 7.17. The molecule has 0 aliphatic carbocycles. The van der Waals surface area contributed by atoms with Gasteiger partial charge in [-0.05, 0) is 48.9 Å². The number of benzene rings is 3. The van der Waals surface area contributed by atoms with Crippen LogP contribution in [0.5, 0.6) is 17.2 Å². The van der Waals surface area contributed by atoms with Crippen molar-refractivity contribution >= 4 is 23.4 Å². The van der Waals surface area contributed by atoms with Gasteiger partial charge in [0.2, 0.25) is 0 Å². The average molecular weight is 473 g/mol. The fourth-order valence-corrected chi connectivity index (χ4v) is 3.15. The van der Waals surface area contributed by atoms with E-state index in [0.717, 1.165) is 11.6 Å². The number of nitrogens with zero attached hydrogens (tertiary/aromatic N) is 2. The number of hydrogen-bond acceptors (Lipinski definition) is 7. The Morgan fingerprint density at radius 1 is 1.09 bits per heavy atom. The lowest BCUT2D eigenvalue weighted by Crippen LogP contribution is -2.13. The summed E-state index contributed by atoms with van der Waals surface area (Å²) in [5.41, 5.74) is 0.685. The van der Waals surface area contributed by atoms with Crippen molar-refractivity contribution in [1.29, 1.82) is 5.26 Å². The first-order valence-electron chi connectivity index (χ1n) is 10.6. The summed E-state index contributed by atoms with van der Waals surface area (Å²) in [5.74, 6) is 0.313. The van der Waals surface area contributed by atoms with Crippen LogP contribution in [0, 0.1) is 21.4 Å². The van der Waals surface area contributed by atoms with Gasteiger partial charge in [-0.2, -0.15) is 5.26 Å². The number of methoxy groups -OCH3 is 1. The number of nitro benzene ring substituents is 1. The highest BCUT2D eigenvalue weighted by molar-refractivity contribution is 6.10. The van der Waals surface area contributed by atoms with Gasteiger partial charge in [-0.25, -0.2) is 0 Å². The number of ether oxygens (including phenoxy) is 3. The van der Waals surface area contributed by atoms with Gasteiger partial charge in [0.05, 0.1) is 30.3 Å². The third kappa shape index (κ3) is 6.58. The van der Waals surface area contributed by atoms with Gasteiger partial charge in [0.25, 0.3) is 11.6 Å². The molecule has 0 unspecified atom stereocenters. The maximum absolute atomic E-state index is 12.7. The third-order valence-corrected chi connectivity index (χ3v) is 4.83. The van der Waals surface area contributed by atoms with Crippen LogP contribution in [0.2, 0.25) is 0 Å². The molecule has 0 radical (unpaired) electrons. The van der Waals surface area contributed by atoms with Gasteiger partial charge in [0.1, 0.15) is 24.0 Å². The van der Waals surface area contributed by atoms with Crippen molar-refractivity contribution < 1.29 is 23.9 Å². The van der Waals surface area contributed by atoms with Gasteiger partial charge >= 0.3 is 0 Å². The van der Waals surface area contributed by atoms with Crippen LogP contribution in [-0.4, -0.2) is 24.5 Å². The number of rotatable bonds is 10. The highest BCUT2D eigenvalue weighted by Gasteiger charge is 2.21. The van der Waals surface area contributed by atoms with Crippen LogP contribution in [0.25, 0.3) is 6.08 Å². The van der Waals surface area contributed by atoms with Crippen molar-refractivity contribution in [3.8, 4) is 23.3 Å². The number of carbonyl (C=O) groups is 1. The minimum atomic E-state index is -0.714. The van der Waals surface area contributed by atoms with Crippen LogP contribution in [0.15, 0.2) is 72.3 Å². The molecule has 0 atom stereocenters. The molecule has 0 spiro atoms. The van der Waals surface area contributed by atoms with Gasteiger partial charge in [-0.15, -0.1) is 0 Å². The summed E-state index contributed by atoms with van der Waals surface area (Å²) in [6.45, 7) is 2.54. The van der Waals surface area contributed by atoms with E-state index in [1.807, 2.05) is 37.3 Å². The molecule has 0 saturated heterocycles. The topological polar surface area (TPSA) is 124 Å². The lowest BCUT2D eigenvalue weighted by molar-refractivity contribution is -0.385. The van der Waals surface area contributed by atoms with E-state index in [-0.39, 0.29) is 34.9 Å². The predicted molar refractivity (Wildman–Crippen MR) is 130 cm³/mol. The lowest BCUT2D eigenvalue weighted by Gasteiger charge is -2.12. The normalized spacial score (nSPS) is 10.7. The number of carbonyl (C=O) groups excluding carboxylic acids is 1. The second kappa shape index (κ2) is 11.9. The lowest BCUT2D eigenvalue weighted by atomic mass is 10.1. The fraction of sp³-hybridized carbons (Fsp3) is 0.154. The first-order valence-corrected chi connectivity index (χ1v) is 10.6. The van der Waals surface area contributed by atoms with Crippen LogP contribution in [0.3, 0.4) is 0 Å². The largest absolute Gasteiger partial charge is 0.494 e. The van der Waals surface area contributed by atoms with Gasteiger partial charge in [0, 0.05) is 5.69 Å². The predicted octanol–water partition coefficient (Wildman–Crippen LogP) is 5.13. The minimum Gasteiger partial charge on any atom is -0.494 e. The summed E-state index contributed by atoms with van der Waals surface area (Å²) in [6, 6.07) is 20.3. The Morgan fingerprint density at radius 2 is 1.80 bits per heavy atom. The average Bonchev–Trinajstić information content (AvgIpc) is 2.87. The zero-order valence-corrected chi connectivity index (χ0v) is 19.2. The number of anilines is 1. The van der Waals surface area contributed by atoms with Crippen molar-refractivity contribution in [3.63, 3.8) is 0 Å². The molecule has 0 heterocycles. The smallest absolute Gasteiger partial charge is 0.280 e. The maximum Gasteiger partial charge on any atom is 0.280 e. The van der Waals surface area contributed by atoms with Gasteiger partial charge in [0.15, 0.2) is 11.5 Å². The summed E-state index contributed by atoms with van der Waals surface area (Å²) in [5, 5.41) is 23.9. The maximum atomic E-state index is 12.7. The highest BCUT2D eigenvalue weighted by atomic mass is 16.6. The van der Waals surface area contributed by atoms with Crippen molar-refractivity contribution in [2.24, 2.45) is 0 Å². The van der Waals surface area contributed by atoms with Crippen molar-refractivity contribution in [2.75, 3.05) is 19.0 Å². The van der Waals surface area contributed by atoms with E-state index < -0.39 is 10.8 Å². The molecule has 35 heavy (non-hydrogen) atoms. The van der Waals surface area contributed by atoms with Crippen LogP contribution in [0.4, 0.5) is 11.4 Å². The van der Waals surface area contributed by atoms with E-state index in [2.05, 4.69) is 5.32 Å². The third-order valence-electron chi connectivity index (χ3n) is 4.83. The fourth-order valence-electron chi connectivity index (χ4n) is 3.15. The SMILES string of the molecule is CCOc1ccc(NC(=O)/C(C#N)=C\c2cc(OC)c(OCc3ccccc3)cc2[N+](=O)[O-])cc1. The highest BCUT2D eigenvalue weighted by Crippen LogP contribution is 2.36. The zero-order chi connectivity index (χ0) is 25.2. The molecule has 0 aromatic heterocycles. The van der Waals surface area contributed by atoms with Gasteiger partial charge in [-0.1, -0.05) is 30.3 Å². The van der Waals surface area contributed by atoms with E-state index in [0.29, 0.717) is 18.0 Å². The molecule has 0 fully saturated rings. The molecule has 178 valence electrons. The van der Waals surface area contributed by atoms with E-state index in [4.69, 9.17) is 14.2 Å². The number of amides is 1.